The molecule has 0 amide bonds. The highest BCUT2D eigenvalue weighted by Gasteiger charge is 2.68. The van der Waals surface area contributed by atoms with Crippen molar-refractivity contribution in [3.8, 4) is 0 Å². The molecule has 0 aromatic heterocycles. The van der Waals surface area contributed by atoms with Crippen LogP contribution in [-0.4, -0.2) is 11.1 Å². The van der Waals surface area contributed by atoms with Gasteiger partial charge in [-0.05, 0) is 109 Å². The molecule has 0 radical (unpaired) electrons. The zero-order chi connectivity index (χ0) is 24.2. The van der Waals surface area contributed by atoms with E-state index in [1.807, 2.05) is 0 Å². The van der Waals surface area contributed by atoms with E-state index in [0.717, 1.165) is 38.5 Å². The fraction of sp³-hybridized carbons (Fsp3) is 0.839. The van der Waals surface area contributed by atoms with Crippen LogP contribution in [0.4, 0.5) is 0 Å². The average molecular weight is 453 g/mol. The normalized spacial score (nSPS) is 50.2. The number of carbonyl (C=O) groups is 1. The average Bonchev–Trinajstić information content (AvgIpc) is 2.71. The van der Waals surface area contributed by atoms with E-state index in [0.29, 0.717) is 17.3 Å². The van der Waals surface area contributed by atoms with Gasteiger partial charge in [-0.3, -0.25) is 4.79 Å². The van der Waals surface area contributed by atoms with Crippen LogP contribution in [0.3, 0.4) is 0 Å². The standard InChI is InChI=1S/C31H48O2/c1-20-11-13-28(6)23(27(20,4)5)12-14-30(8)24(28)10-9-21-22-19-26(2,3)15-17-31(22,25(32)33)18-16-29(21,30)7/h9,22-24H,1,10-19H2,2-8H3,(H,32,33)/t22-,23-,24+,28-,29+,30+,31-/m0/s1. The second-order valence-corrected chi connectivity index (χ2v) is 15.0. The van der Waals surface area contributed by atoms with Crippen molar-refractivity contribution < 1.29 is 9.90 Å². The maximum Gasteiger partial charge on any atom is 0.310 e. The highest BCUT2D eigenvalue weighted by Crippen LogP contribution is 2.76. The molecular weight excluding hydrogens is 404 g/mol. The van der Waals surface area contributed by atoms with E-state index in [4.69, 9.17) is 0 Å². The van der Waals surface area contributed by atoms with Gasteiger partial charge in [0.15, 0.2) is 0 Å². The maximum atomic E-state index is 12.8. The van der Waals surface area contributed by atoms with Crippen molar-refractivity contribution in [3.05, 3.63) is 23.8 Å². The Morgan fingerprint density at radius 1 is 0.939 bits per heavy atom. The molecule has 0 saturated heterocycles. The summed E-state index contributed by atoms with van der Waals surface area (Å²) in [4.78, 5) is 12.8. The van der Waals surface area contributed by atoms with Gasteiger partial charge in [0, 0.05) is 0 Å². The predicted molar refractivity (Wildman–Crippen MR) is 136 cm³/mol. The first-order chi connectivity index (χ1) is 15.1. The van der Waals surface area contributed by atoms with Crippen LogP contribution in [-0.2, 0) is 4.79 Å². The number of hydrogen-bond acceptors (Lipinski definition) is 1. The lowest BCUT2D eigenvalue weighted by Gasteiger charge is -2.71. The van der Waals surface area contributed by atoms with Crippen LogP contribution in [0.5, 0.6) is 0 Å². The molecule has 5 aliphatic carbocycles. The molecular formula is C31H48O2. The molecule has 0 aromatic carbocycles. The number of aliphatic carboxylic acids is 1. The molecule has 0 heterocycles. The van der Waals surface area contributed by atoms with Gasteiger partial charge >= 0.3 is 5.97 Å². The second-order valence-electron chi connectivity index (χ2n) is 15.0. The third kappa shape index (κ3) is 2.82. The molecule has 2 nitrogen and oxygen atoms in total. The Kier molecular flexibility index (Phi) is 4.87. The van der Waals surface area contributed by atoms with Gasteiger partial charge in [0.1, 0.15) is 0 Å². The smallest absolute Gasteiger partial charge is 0.310 e. The zero-order valence-corrected chi connectivity index (χ0v) is 22.4. The summed E-state index contributed by atoms with van der Waals surface area (Å²) in [5.41, 5.74) is 3.65. The number of carboxylic acids is 1. The summed E-state index contributed by atoms with van der Waals surface area (Å²) < 4.78 is 0. The Bertz CT molecular complexity index is 923. The third-order valence-electron chi connectivity index (χ3n) is 13.1. The van der Waals surface area contributed by atoms with Gasteiger partial charge in [-0.15, -0.1) is 0 Å². The lowest BCUT2D eigenvalue weighted by Crippen LogP contribution is -2.64. The summed E-state index contributed by atoms with van der Waals surface area (Å²) in [6.45, 7) is 21.9. The van der Waals surface area contributed by atoms with Gasteiger partial charge in [0.2, 0.25) is 0 Å². The summed E-state index contributed by atoms with van der Waals surface area (Å²) >= 11 is 0. The van der Waals surface area contributed by atoms with E-state index in [1.54, 1.807) is 5.57 Å². The van der Waals surface area contributed by atoms with Crippen LogP contribution in [0.15, 0.2) is 23.8 Å². The number of rotatable bonds is 1. The molecule has 0 aliphatic heterocycles. The molecule has 4 fully saturated rings. The Hall–Kier alpha value is -1.05. The van der Waals surface area contributed by atoms with E-state index in [-0.39, 0.29) is 27.6 Å². The first kappa shape index (κ1) is 23.7. The van der Waals surface area contributed by atoms with E-state index >= 15 is 0 Å². The minimum absolute atomic E-state index is 0.125. The van der Waals surface area contributed by atoms with Crippen molar-refractivity contribution in [1.82, 2.24) is 0 Å². The topological polar surface area (TPSA) is 37.3 Å². The SMILES string of the molecule is C=C1CC[C@]2(C)[C@H]3CC=C4[C@@H]5CC(C)(C)CC[C@]5(C(=O)O)CC[C@@]4(C)[C@]3(C)CC[C@H]2C1(C)C. The number of carboxylic acid groups (broad SMARTS) is 1. The summed E-state index contributed by atoms with van der Waals surface area (Å²) in [5, 5.41) is 10.5. The molecule has 33 heavy (non-hydrogen) atoms. The molecule has 5 rings (SSSR count). The van der Waals surface area contributed by atoms with Crippen LogP contribution in [0.1, 0.15) is 113 Å². The highest BCUT2D eigenvalue weighted by molar-refractivity contribution is 5.76. The van der Waals surface area contributed by atoms with Gasteiger partial charge in [-0.25, -0.2) is 0 Å². The monoisotopic (exact) mass is 452 g/mol. The summed E-state index contributed by atoms with van der Waals surface area (Å²) in [7, 11) is 0. The summed E-state index contributed by atoms with van der Waals surface area (Å²) in [6, 6.07) is 0. The number of hydrogen-bond donors (Lipinski definition) is 1. The van der Waals surface area contributed by atoms with Crippen molar-refractivity contribution in [2.24, 2.45) is 50.2 Å². The first-order valence-electron chi connectivity index (χ1n) is 13.8. The van der Waals surface area contributed by atoms with Gasteiger partial charge in [-0.1, -0.05) is 72.3 Å². The first-order valence-corrected chi connectivity index (χ1v) is 13.8. The van der Waals surface area contributed by atoms with Crippen molar-refractivity contribution in [1.29, 1.82) is 0 Å². The molecule has 0 aromatic rings. The number of allylic oxidation sites excluding steroid dienone is 3. The fourth-order valence-electron chi connectivity index (χ4n) is 10.5. The Morgan fingerprint density at radius 3 is 2.27 bits per heavy atom. The molecule has 0 bridgehead atoms. The molecule has 7 atom stereocenters. The van der Waals surface area contributed by atoms with E-state index in [1.165, 1.54) is 31.3 Å². The van der Waals surface area contributed by atoms with Crippen LogP contribution in [0.25, 0.3) is 0 Å². The maximum absolute atomic E-state index is 12.8. The highest BCUT2D eigenvalue weighted by atomic mass is 16.4. The van der Waals surface area contributed by atoms with Crippen molar-refractivity contribution in [2.75, 3.05) is 0 Å². The second kappa shape index (κ2) is 6.79. The van der Waals surface area contributed by atoms with Gasteiger partial charge < -0.3 is 5.11 Å². The van der Waals surface area contributed by atoms with Gasteiger partial charge in [0.05, 0.1) is 5.41 Å². The van der Waals surface area contributed by atoms with Crippen molar-refractivity contribution in [2.45, 2.75) is 113 Å². The molecule has 0 unspecified atom stereocenters. The zero-order valence-electron chi connectivity index (χ0n) is 22.4. The third-order valence-corrected chi connectivity index (χ3v) is 13.1. The molecule has 5 aliphatic rings. The van der Waals surface area contributed by atoms with E-state index in [2.05, 4.69) is 61.1 Å². The van der Waals surface area contributed by atoms with Gasteiger partial charge in [0.25, 0.3) is 0 Å². The van der Waals surface area contributed by atoms with Crippen LogP contribution in [0.2, 0.25) is 0 Å². The molecule has 184 valence electrons. The van der Waals surface area contributed by atoms with Crippen molar-refractivity contribution >= 4 is 5.97 Å². The largest absolute Gasteiger partial charge is 0.481 e. The molecule has 0 spiro atoms. The summed E-state index contributed by atoms with van der Waals surface area (Å²) in [6.07, 6.45) is 13.6. The lowest BCUT2D eigenvalue weighted by molar-refractivity contribution is -0.181. The Balaban J connectivity index is 1.60. The van der Waals surface area contributed by atoms with Crippen LogP contribution in [0, 0.1) is 50.2 Å². The predicted octanol–water partition coefficient (Wildman–Crippen LogP) is 8.43. The van der Waals surface area contributed by atoms with Gasteiger partial charge in [-0.2, -0.15) is 0 Å². The molecule has 2 heteroatoms. The van der Waals surface area contributed by atoms with E-state index < -0.39 is 11.4 Å². The minimum atomic E-state index is -0.532. The van der Waals surface area contributed by atoms with Crippen molar-refractivity contribution in [3.63, 3.8) is 0 Å². The van der Waals surface area contributed by atoms with E-state index in [9.17, 15) is 9.90 Å². The summed E-state index contributed by atoms with van der Waals surface area (Å²) in [5.74, 6) is 1.07. The van der Waals surface area contributed by atoms with Crippen LogP contribution < -0.4 is 0 Å². The lowest BCUT2D eigenvalue weighted by atomic mass is 9.33. The molecule has 1 N–H and O–H groups in total. The molecule has 4 saturated carbocycles. The Morgan fingerprint density at radius 2 is 1.61 bits per heavy atom. The minimum Gasteiger partial charge on any atom is -0.481 e. The van der Waals surface area contributed by atoms with Crippen LogP contribution >= 0.6 is 0 Å². The number of fused-ring (bicyclic) bond motifs is 7. The quantitative estimate of drug-likeness (QED) is 0.405. The Labute approximate surface area is 202 Å². The fourth-order valence-corrected chi connectivity index (χ4v) is 10.5.